The summed E-state index contributed by atoms with van der Waals surface area (Å²) in [5.41, 5.74) is 4.97. The SMILES string of the molecule is CN(CC(N)=O)c1nc(Cl)ccc1C(=O)O. The Balaban J connectivity index is 3.13. The zero-order chi connectivity index (χ0) is 12.3. The molecule has 0 saturated carbocycles. The van der Waals surface area contributed by atoms with E-state index in [1.54, 1.807) is 0 Å². The van der Waals surface area contributed by atoms with Crippen molar-refractivity contribution >= 4 is 29.3 Å². The first-order valence-electron chi connectivity index (χ1n) is 4.31. The minimum Gasteiger partial charge on any atom is -0.478 e. The number of carboxylic acids is 1. The lowest BCUT2D eigenvalue weighted by Gasteiger charge is -2.18. The van der Waals surface area contributed by atoms with Gasteiger partial charge < -0.3 is 15.7 Å². The molecule has 0 saturated heterocycles. The van der Waals surface area contributed by atoms with Crippen LogP contribution < -0.4 is 10.6 Å². The molecule has 1 amide bonds. The van der Waals surface area contributed by atoms with Crippen LogP contribution in [0.5, 0.6) is 0 Å². The third kappa shape index (κ3) is 2.83. The summed E-state index contributed by atoms with van der Waals surface area (Å²) in [5, 5.41) is 9.06. The summed E-state index contributed by atoms with van der Waals surface area (Å²) >= 11 is 5.66. The topological polar surface area (TPSA) is 96.5 Å². The van der Waals surface area contributed by atoms with Gasteiger partial charge in [-0.2, -0.15) is 0 Å². The number of hydrogen-bond acceptors (Lipinski definition) is 4. The fraction of sp³-hybridized carbons (Fsp3) is 0.222. The van der Waals surface area contributed by atoms with Crippen molar-refractivity contribution in [3.05, 3.63) is 22.8 Å². The molecule has 0 aliphatic carbocycles. The largest absolute Gasteiger partial charge is 0.478 e. The molecule has 0 aliphatic heterocycles. The maximum atomic E-state index is 10.9. The molecule has 0 fully saturated rings. The lowest BCUT2D eigenvalue weighted by Crippen LogP contribution is -2.32. The molecular formula is C9H10ClN3O3. The standard InChI is InChI=1S/C9H10ClN3O3/c1-13(4-7(11)14)8-5(9(15)16)2-3-6(10)12-8/h2-3H,4H2,1H3,(H2,11,14)(H,15,16). The Morgan fingerprint density at radius 1 is 1.56 bits per heavy atom. The van der Waals surface area contributed by atoms with Gasteiger partial charge in [0.1, 0.15) is 16.5 Å². The maximum absolute atomic E-state index is 10.9. The highest BCUT2D eigenvalue weighted by Crippen LogP contribution is 2.19. The van der Waals surface area contributed by atoms with Gasteiger partial charge in [-0.25, -0.2) is 9.78 Å². The van der Waals surface area contributed by atoms with Gasteiger partial charge in [-0.05, 0) is 12.1 Å². The van der Waals surface area contributed by atoms with Gasteiger partial charge >= 0.3 is 5.97 Å². The predicted molar refractivity (Wildman–Crippen MR) is 58.7 cm³/mol. The number of pyridine rings is 1. The van der Waals surface area contributed by atoms with Gasteiger partial charge in [-0.15, -0.1) is 0 Å². The molecule has 6 nitrogen and oxygen atoms in total. The molecule has 1 aromatic rings. The van der Waals surface area contributed by atoms with E-state index in [2.05, 4.69) is 4.98 Å². The van der Waals surface area contributed by atoms with E-state index in [1.165, 1.54) is 24.1 Å². The number of aromatic nitrogens is 1. The second-order valence-corrected chi connectivity index (χ2v) is 3.52. The van der Waals surface area contributed by atoms with Gasteiger partial charge in [0.2, 0.25) is 5.91 Å². The summed E-state index contributed by atoms with van der Waals surface area (Å²) in [4.78, 5) is 26.8. The van der Waals surface area contributed by atoms with Crippen molar-refractivity contribution in [3.63, 3.8) is 0 Å². The van der Waals surface area contributed by atoms with E-state index in [-0.39, 0.29) is 23.1 Å². The monoisotopic (exact) mass is 243 g/mol. The van der Waals surface area contributed by atoms with E-state index in [0.29, 0.717) is 0 Å². The summed E-state index contributed by atoms with van der Waals surface area (Å²) in [5.74, 6) is -1.62. The van der Waals surface area contributed by atoms with Crippen molar-refractivity contribution in [1.82, 2.24) is 4.98 Å². The van der Waals surface area contributed by atoms with Crippen LogP contribution in [-0.2, 0) is 4.79 Å². The molecule has 7 heteroatoms. The highest BCUT2D eigenvalue weighted by molar-refractivity contribution is 6.29. The van der Waals surface area contributed by atoms with Crippen molar-refractivity contribution in [2.75, 3.05) is 18.5 Å². The molecule has 86 valence electrons. The van der Waals surface area contributed by atoms with Crippen LogP contribution in [0.1, 0.15) is 10.4 Å². The van der Waals surface area contributed by atoms with Gasteiger partial charge in [-0.3, -0.25) is 4.79 Å². The molecule has 1 heterocycles. The van der Waals surface area contributed by atoms with Crippen LogP contribution >= 0.6 is 11.6 Å². The van der Waals surface area contributed by atoms with E-state index in [4.69, 9.17) is 22.4 Å². The molecule has 0 atom stereocenters. The van der Waals surface area contributed by atoms with E-state index >= 15 is 0 Å². The predicted octanol–water partition coefficient (Wildman–Crippen LogP) is 0.355. The number of anilines is 1. The summed E-state index contributed by atoms with van der Waals surface area (Å²) < 4.78 is 0. The number of aromatic carboxylic acids is 1. The second-order valence-electron chi connectivity index (χ2n) is 3.13. The molecule has 0 radical (unpaired) electrons. The van der Waals surface area contributed by atoms with E-state index < -0.39 is 11.9 Å². The molecule has 3 N–H and O–H groups in total. The normalized spacial score (nSPS) is 9.88. The molecule has 0 spiro atoms. The number of carbonyl (C=O) groups is 2. The highest BCUT2D eigenvalue weighted by atomic mass is 35.5. The van der Waals surface area contributed by atoms with Crippen LogP contribution in [0.4, 0.5) is 5.82 Å². The summed E-state index contributed by atoms with van der Waals surface area (Å²) in [6, 6.07) is 2.69. The Morgan fingerprint density at radius 2 is 2.19 bits per heavy atom. The number of carbonyl (C=O) groups excluding carboxylic acids is 1. The zero-order valence-electron chi connectivity index (χ0n) is 8.48. The van der Waals surface area contributed by atoms with Crippen LogP contribution in [0.15, 0.2) is 12.1 Å². The smallest absolute Gasteiger partial charge is 0.339 e. The molecule has 0 unspecified atom stereocenters. The number of halogens is 1. The molecule has 1 rings (SSSR count). The Kier molecular flexibility index (Phi) is 3.68. The number of likely N-dealkylation sites (N-methyl/N-ethyl adjacent to an activating group) is 1. The minimum absolute atomic E-state index is 0.0341. The van der Waals surface area contributed by atoms with Crippen LogP contribution in [0, 0.1) is 0 Å². The van der Waals surface area contributed by atoms with Crippen LogP contribution in [-0.4, -0.2) is 35.6 Å². The molecular weight excluding hydrogens is 234 g/mol. The van der Waals surface area contributed by atoms with Crippen LogP contribution in [0.25, 0.3) is 0 Å². The fourth-order valence-electron chi connectivity index (χ4n) is 1.19. The van der Waals surface area contributed by atoms with Gasteiger partial charge in [-0.1, -0.05) is 11.6 Å². The van der Waals surface area contributed by atoms with Crippen molar-refractivity contribution in [3.8, 4) is 0 Å². The van der Waals surface area contributed by atoms with Gasteiger partial charge in [0.25, 0.3) is 0 Å². The average molecular weight is 244 g/mol. The number of hydrogen-bond donors (Lipinski definition) is 2. The molecule has 0 aromatic carbocycles. The Morgan fingerprint density at radius 3 is 2.69 bits per heavy atom. The number of primary amides is 1. The first kappa shape index (κ1) is 12.3. The second kappa shape index (κ2) is 4.80. The fourth-order valence-corrected chi connectivity index (χ4v) is 1.33. The number of amides is 1. The van der Waals surface area contributed by atoms with E-state index in [0.717, 1.165) is 0 Å². The molecule has 0 bridgehead atoms. The van der Waals surface area contributed by atoms with Crippen molar-refractivity contribution in [1.29, 1.82) is 0 Å². The number of nitrogens with zero attached hydrogens (tertiary/aromatic N) is 2. The summed E-state index contributed by atoms with van der Waals surface area (Å²) in [7, 11) is 1.51. The van der Waals surface area contributed by atoms with E-state index in [9.17, 15) is 9.59 Å². The van der Waals surface area contributed by atoms with Gasteiger partial charge in [0.15, 0.2) is 0 Å². The lowest BCUT2D eigenvalue weighted by molar-refractivity contribution is -0.116. The average Bonchev–Trinajstić information content (AvgIpc) is 2.15. The molecule has 0 aliphatic rings. The minimum atomic E-state index is -1.14. The van der Waals surface area contributed by atoms with Crippen LogP contribution in [0.3, 0.4) is 0 Å². The van der Waals surface area contributed by atoms with Gasteiger partial charge in [0.05, 0.1) is 6.54 Å². The third-order valence-electron chi connectivity index (χ3n) is 1.83. The first-order chi connectivity index (χ1) is 7.41. The zero-order valence-corrected chi connectivity index (χ0v) is 9.23. The highest BCUT2D eigenvalue weighted by Gasteiger charge is 2.16. The lowest BCUT2D eigenvalue weighted by atomic mass is 10.2. The maximum Gasteiger partial charge on any atom is 0.339 e. The Bertz CT molecular complexity index is 436. The number of rotatable bonds is 4. The number of carboxylic acid groups (broad SMARTS) is 1. The number of nitrogens with two attached hydrogens (primary N) is 1. The Labute approximate surface area is 96.6 Å². The van der Waals surface area contributed by atoms with Gasteiger partial charge in [0, 0.05) is 7.05 Å². The van der Waals surface area contributed by atoms with Crippen molar-refractivity contribution in [2.45, 2.75) is 0 Å². The van der Waals surface area contributed by atoms with Crippen LogP contribution in [0.2, 0.25) is 5.15 Å². The van der Waals surface area contributed by atoms with Crippen molar-refractivity contribution < 1.29 is 14.7 Å². The molecule has 1 aromatic heterocycles. The first-order valence-corrected chi connectivity index (χ1v) is 4.69. The molecule has 16 heavy (non-hydrogen) atoms. The Hall–Kier alpha value is -1.82. The quantitative estimate of drug-likeness (QED) is 0.744. The van der Waals surface area contributed by atoms with E-state index in [1.807, 2.05) is 0 Å². The summed E-state index contributed by atoms with van der Waals surface area (Å²) in [6.45, 7) is -0.131. The summed E-state index contributed by atoms with van der Waals surface area (Å²) in [6.07, 6.45) is 0. The van der Waals surface area contributed by atoms with Crippen molar-refractivity contribution in [2.24, 2.45) is 5.73 Å². The third-order valence-corrected chi connectivity index (χ3v) is 2.04.